The molecule has 160 valence electrons. The minimum absolute atomic E-state index is 0.543. The number of fused-ring (bicyclic) bond motifs is 5. The molecule has 0 aromatic rings. The third-order valence-electron chi connectivity index (χ3n) is 11.4. The Morgan fingerprint density at radius 3 is 2.39 bits per heavy atom. The van der Waals surface area contributed by atoms with E-state index in [1.54, 1.807) is 19.3 Å². The van der Waals surface area contributed by atoms with E-state index in [2.05, 4.69) is 27.7 Å². The van der Waals surface area contributed by atoms with Gasteiger partial charge in [0.05, 0.1) is 6.10 Å². The fourth-order valence-electron chi connectivity index (χ4n) is 9.78. The van der Waals surface area contributed by atoms with E-state index < -0.39 is 0 Å². The Morgan fingerprint density at radius 2 is 1.61 bits per heavy atom. The Hall–Kier alpha value is -0.0400. The van der Waals surface area contributed by atoms with Crippen molar-refractivity contribution < 1.29 is 4.74 Å². The molecule has 0 amide bonds. The smallest absolute Gasteiger partial charge is 0.0603 e. The fourth-order valence-corrected chi connectivity index (χ4v) is 9.78. The average molecular weight is 387 g/mol. The lowest BCUT2D eigenvalue weighted by atomic mass is 9.44. The molecule has 1 heteroatoms. The lowest BCUT2D eigenvalue weighted by Gasteiger charge is -2.61. The van der Waals surface area contributed by atoms with Gasteiger partial charge in [-0.05, 0) is 116 Å². The van der Waals surface area contributed by atoms with E-state index in [0.717, 1.165) is 48.0 Å². The normalized spacial score (nSPS) is 55.1. The standard InChI is InChI=1S/C27H46O/c1-18-8-13-25(28-17-18)19(2)22-11-12-23-21-10-9-20-7-5-6-15-26(20,3)24(21)14-16-27(22,23)4/h18-25H,5-17H2,1-4H3/t18?,19-,20?,21-,22+,23-,24-,25?,26-,27+/m0/s1. The topological polar surface area (TPSA) is 9.23 Å². The van der Waals surface area contributed by atoms with E-state index in [1.807, 2.05) is 0 Å². The molecule has 0 aromatic heterocycles. The third kappa shape index (κ3) is 2.96. The molecular formula is C27H46O. The van der Waals surface area contributed by atoms with Gasteiger partial charge >= 0.3 is 0 Å². The first kappa shape index (κ1) is 19.9. The number of hydrogen-bond donors (Lipinski definition) is 0. The SMILES string of the molecule is CC1CCC([C@@H](C)[C@H]2CC[C@H]3[C@@H]4CCC5CCCC[C@]5(C)[C@H]4CC[C@]23C)OC1. The molecule has 1 saturated heterocycles. The van der Waals surface area contributed by atoms with Gasteiger partial charge in [-0.15, -0.1) is 0 Å². The monoisotopic (exact) mass is 386 g/mol. The molecule has 5 rings (SSSR count). The van der Waals surface area contributed by atoms with Gasteiger partial charge in [-0.3, -0.25) is 0 Å². The van der Waals surface area contributed by atoms with Gasteiger partial charge in [0.25, 0.3) is 0 Å². The maximum absolute atomic E-state index is 6.38. The lowest BCUT2D eigenvalue weighted by molar-refractivity contribution is -0.125. The van der Waals surface area contributed by atoms with Crippen molar-refractivity contribution in [1.82, 2.24) is 0 Å². The van der Waals surface area contributed by atoms with Crippen LogP contribution in [0.15, 0.2) is 0 Å². The summed E-state index contributed by atoms with van der Waals surface area (Å²) in [6, 6.07) is 0. The fraction of sp³-hybridized carbons (Fsp3) is 1.00. The van der Waals surface area contributed by atoms with Crippen LogP contribution >= 0.6 is 0 Å². The van der Waals surface area contributed by atoms with Gasteiger partial charge in [0.1, 0.15) is 0 Å². The van der Waals surface area contributed by atoms with E-state index in [0.29, 0.717) is 16.9 Å². The van der Waals surface area contributed by atoms with Crippen LogP contribution in [0.25, 0.3) is 0 Å². The zero-order chi connectivity index (χ0) is 19.5. The second kappa shape index (κ2) is 7.28. The van der Waals surface area contributed by atoms with Crippen LogP contribution in [0.2, 0.25) is 0 Å². The van der Waals surface area contributed by atoms with Crippen LogP contribution in [0.5, 0.6) is 0 Å². The van der Waals surface area contributed by atoms with E-state index in [4.69, 9.17) is 4.74 Å². The van der Waals surface area contributed by atoms with Crippen LogP contribution in [0.4, 0.5) is 0 Å². The first-order chi connectivity index (χ1) is 13.4. The second-order valence-corrected chi connectivity index (χ2v) is 12.5. The molecule has 0 N–H and O–H groups in total. The number of ether oxygens (including phenoxy) is 1. The third-order valence-corrected chi connectivity index (χ3v) is 11.4. The van der Waals surface area contributed by atoms with Crippen LogP contribution in [0.1, 0.15) is 105 Å². The Labute approximate surface area is 174 Å². The average Bonchev–Trinajstić information content (AvgIpc) is 3.05. The largest absolute Gasteiger partial charge is 0.378 e. The van der Waals surface area contributed by atoms with E-state index >= 15 is 0 Å². The van der Waals surface area contributed by atoms with Crippen molar-refractivity contribution in [2.24, 2.45) is 52.3 Å². The number of rotatable bonds is 2. The van der Waals surface area contributed by atoms with E-state index in [9.17, 15) is 0 Å². The molecule has 5 aliphatic rings. The zero-order valence-electron chi connectivity index (χ0n) is 19.2. The molecule has 0 radical (unpaired) electrons. The predicted molar refractivity (Wildman–Crippen MR) is 117 cm³/mol. The molecule has 4 saturated carbocycles. The summed E-state index contributed by atoms with van der Waals surface area (Å²) in [5, 5.41) is 0. The summed E-state index contributed by atoms with van der Waals surface area (Å²) in [6.07, 6.45) is 18.5. The minimum Gasteiger partial charge on any atom is -0.378 e. The summed E-state index contributed by atoms with van der Waals surface area (Å²) in [7, 11) is 0. The van der Waals surface area contributed by atoms with Crippen molar-refractivity contribution >= 4 is 0 Å². The summed E-state index contributed by atoms with van der Waals surface area (Å²) in [6.45, 7) is 11.4. The first-order valence-electron chi connectivity index (χ1n) is 13.0. The molecule has 1 nitrogen and oxygen atoms in total. The number of hydrogen-bond acceptors (Lipinski definition) is 1. The molecular weight excluding hydrogens is 340 g/mol. The van der Waals surface area contributed by atoms with Crippen molar-refractivity contribution in [3.8, 4) is 0 Å². The summed E-state index contributed by atoms with van der Waals surface area (Å²) in [5.41, 5.74) is 1.29. The van der Waals surface area contributed by atoms with E-state index in [-0.39, 0.29) is 0 Å². The maximum Gasteiger partial charge on any atom is 0.0603 e. The van der Waals surface area contributed by atoms with Gasteiger partial charge < -0.3 is 4.74 Å². The van der Waals surface area contributed by atoms with Crippen molar-refractivity contribution in [2.75, 3.05) is 6.61 Å². The zero-order valence-corrected chi connectivity index (χ0v) is 19.2. The molecule has 0 aromatic carbocycles. The van der Waals surface area contributed by atoms with Crippen LogP contribution in [0, 0.1) is 52.3 Å². The summed E-state index contributed by atoms with van der Waals surface area (Å²) < 4.78 is 6.38. The van der Waals surface area contributed by atoms with Crippen LogP contribution in [0.3, 0.4) is 0 Å². The molecule has 4 aliphatic carbocycles. The van der Waals surface area contributed by atoms with Crippen molar-refractivity contribution in [1.29, 1.82) is 0 Å². The predicted octanol–water partition coefficient (Wildman–Crippen LogP) is 7.49. The van der Waals surface area contributed by atoms with Gasteiger partial charge in [0.15, 0.2) is 0 Å². The second-order valence-electron chi connectivity index (χ2n) is 12.5. The highest BCUT2D eigenvalue weighted by Gasteiger charge is 2.60. The quantitative estimate of drug-likeness (QED) is 0.478. The maximum atomic E-state index is 6.38. The van der Waals surface area contributed by atoms with Crippen LogP contribution in [-0.4, -0.2) is 12.7 Å². The van der Waals surface area contributed by atoms with Crippen molar-refractivity contribution in [3.63, 3.8) is 0 Å². The van der Waals surface area contributed by atoms with Gasteiger partial charge in [-0.25, -0.2) is 0 Å². The highest BCUT2D eigenvalue weighted by molar-refractivity contribution is 5.09. The van der Waals surface area contributed by atoms with Crippen molar-refractivity contribution in [2.45, 2.75) is 111 Å². The molecule has 28 heavy (non-hydrogen) atoms. The highest BCUT2D eigenvalue weighted by Crippen LogP contribution is 2.68. The lowest BCUT2D eigenvalue weighted by Crippen LogP contribution is -2.53. The van der Waals surface area contributed by atoms with Gasteiger partial charge in [0, 0.05) is 6.61 Å². The van der Waals surface area contributed by atoms with Gasteiger partial charge in [-0.2, -0.15) is 0 Å². The van der Waals surface area contributed by atoms with Crippen LogP contribution in [-0.2, 0) is 4.74 Å². The van der Waals surface area contributed by atoms with E-state index in [1.165, 1.54) is 57.8 Å². The highest BCUT2D eigenvalue weighted by atomic mass is 16.5. The Kier molecular flexibility index (Phi) is 5.17. The molecule has 0 bridgehead atoms. The Bertz CT molecular complexity index is 563. The summed E-state index contributed by atoms with van der Waals surface area (Å²) >= 11 is 0. The first-order valence-corrected chi connectivity index (χ1v) is 13.0. The Balaban J connectivity index is 1.34. The summed E-state index contributed by atoms with van der Waals surface area (Å²) in [5.74, 6) is 6.61. The molecule has 3 unspecified atom stereocenters. The molecule has 1 heterocycles. The molecule has 5 fully saturated rings. The molecule has 10 atom stereocenters. The minimum atomic E-state index is 0.543. The van der Waals surface area contributed by atoms with Gasteiger partial charge in [-0.1, -0.05) is 40.5 Å². The summed E-state index contributed by atoms with van der Waals surface area (Å²) in [4.78, 5) is 0. The molecule has 0 spiro atoms. The molecule has 1 aliphatic heterocycles. The van der Waals surface area contributed by atoms with Crippen molar-refractivity contribution in [3.05, 3.63) is 0 Å². The van der Waals surface area contributed by atoms with Crippen LogP contribution < -0.4 is 0 Å². The Morgan fingerprint density at radius 1 is 0.786 bits per heavy atom. The van der Waals surface area contributed by atoms with Gasteiger partial charge in [0.2, 0.25) is 0 Å².